The Morgan fingerprint density at radius 3 is 2.76 bits per heavy atom. The fourth-order valence-electron chi connectivity index (χ4n) is 4.59. The highest BCUT2D eigenvalue weighted by atomic mass is 16.4. The number of H-pyrrole nitrogens is 1. The van der Waals surface area contributed by atoms with Gasteiger partial charge in [-0.05, 0) is 56.2 Å². The Labute approximate surface area is 214 Å². The normalized spacial score (nSPS) is 13.4. The van der Waals surface area contributed by atoms with E-state index >= 15 is 0 Å². The molecule has 1 aliphatic heterocycles. The number of para-hydroxylation sites is 1. The minimum absolute atomic E-state index is 0.0353. The van der Waals surface area contributed by atoms with E-state index in [0.29, 0.717) is 29.3 Å². The maximum absolute atomic E-state index is 12.8. The molecular formula is C27H33N5O5. The number of aliphatic hydroxyl groups excluding tert-OH is 1. The van der Waals surface area contributed by atoms with Crippen LogP contribution in [-0.2, 0) is 29.0 Å². The number of aryl methyl sites for hydroxylation is 2. The van der Waals surface area contributed by atoms with Gasteiger partial charge in [0, 0.05) is 41.7 Å². The van der Waals surface area contributed by atoms with Crippen LogP contribution >= 0.6 is 0 Å². The second-order valence-corrected chi connectivity index (χ2v) is 9.23. The smallest absolute Gasteiger partial charge is 0.326 e. The molecule has 3 aromatic rings. The van der Waals surface area contributed by atoms with Gasteiger partial charge in [-0.1, -0.05) is 24.3 Å². The van der Waals surface area contributed by atoms with Crippen molar-refractivity contribution in [2.24, 2.45) is 0 Å². The zero-order valence-corrected chi connectivity index (χ0v) is 20.7. The molecule has 0 saturated carbocycles. The number of rotatable bonds is 12. The van der Waals surface area contributed by atoms with Crippen LogP contribution in [-0.4, -0.2) is 57.1 Å². The first-order valence-corrected chi connectivity index (χ1v) is 12.7. The van der Waals surface area contributed by atoms with Gasteiger partial charge in [0.1, 0.15) is 17.6 Å². The number of carbonyl (C=O) groups excluding carboxylic acids is 2. The Kier molecular flexibility index (Phi) is 8.73. The van der Waals surface area contributed by atoms with Gasteiger partial charge in [0.2, 0.25) is 5.91 Å². The van der Waals surface area contributed by atoms with Crippen molar-refractivity contribution < 1.29 is 24.6 Å². The SMILES string of the molecule is O=C(CCCCc1ccc2c(n1)NCCC2)NCC[C@H](NC(=O)c1[nH]c2ccccc2c1CO)C(=O)O. The number of pyridine rings is 1. The van der Waals surface area contributed by atoms with E-state index in [0.717, 1.165) is 43.7 Å². The number of anilines is 1. The summed E-state index contributed by atoms with van der Waals surface area (Å²) in [5, 5.41) is 28.5. The van der Waals surface area contributed by atoms with Gasteiger partial charge in [-0.2, -0.15) is 0 Å². The average molecular weight is 508 g/mol. The first-order chi connectivity index (χ1) is 18.0. The van der Waals surface area contributed by atoms with Gasteiger partial charge >= 0.3 is 5.97 Å². The molecule has 0 aliphatic carbocycles. The summed E-state index contributed by atoms with van der Waals surface area (Å²) in [7, 11) is 0. The fourth-order valence-corrected chi connectivity index (χ4v) is 4.59. The van der Waals surface area contributed by atoms with Crippen LogP contribution in [0.5, 0.6) is 0 Å². The Balaban J connectivity index is 1.20. The van der Waals surface area contributed by atoms with Crippen molar-refractivity contribution in [3.8, 4) is 0 Å². The second kappa shape index (κ2) is 12.4. The number of aromatic amines is 1. The number of nitrogens with zero attached hydrogens (tertiary/aromatic N) is 1. The van der Waals surface area contributed by atoms with E-state index in [1.165, 1.54) is 5.56 Å². The number of carbonyl (C=O) groups is 3. The van der Waals surface area contributed by atoms with Crippen LogP contribution in [0, 0.1) is 0 Å². The summed E-state index contributed by atoms with van der Waals surface area (Å²) >= 11 is 0. The van der Waals surface area contributed by atoms with E-state index in [1.807, 2.05) is 6.07 Å². The number of hydrogen-bond donors (Lipinski definition) is 6. The quantitative estimate of drug-likeness (QED) is 0.206. The number of carboxylic acids is 1. The first-order valence-electron chi connectivity index (χ1n) is 12.7. The molecule has 4 rings (SSSR count). The summed E-state index contributed by atoms with van der Waals surface area (Å²) in [6, 6.07) is 10.1. The van der Waals surface area contributed by atoms with Gasteiger partial charge < -0.3 is 31.1 Å². The lowest BCUT2D eigenvalue weighted by atomic mass is 10.1. The molecule has 0 spiro atoms. The lowest BCUT2D eigenvalue weighted by Crippen LogP contribution is -2.43. The molecular weight excluding hydrogens is 474 g/mol. The number of hydrogen-bond acceptors (Lipinski definition) is 6. The number of amides is 2. The molecule has 2 amide bonds. The van der Waals surface area contributed by atoms with E-state index in [4.69, 9.17) is 0 Å². The number of unbranched alkanes of at least 4 members (excludes halogenated alkanes) is 1. The number of aromatic nitrogens is 2. The van der Waals surface area contributed by atoms with Gasteiger partial charge in [0.25, 0.3) is 5.91 Å². The molecule has 3 heterocycles. The number of carboxylic acid groups (broad SMARTS) is 1. The van der Waals surface area contributed by atoms with Crippen LogP contribution in [0.4, 0.5) is 5.82 Å². The Morgan fingerprint density at radius 1 is 1.11 bits per heavy atom. The predicted molar refractivity (Wildman–Crippen MR) is 139 cm³/mol. The van der Waals surface area contributed by atoms with Crippen molar-refractivity contribution >= 4 is 34.5 Å². The molecule has 6 N–H and O–H groups in total. The molecule has 0 unspecified atom stereocenters. The minimum Gasteiger partial charge on any atom is -0.480 e. The highest BCUT2D eigenvalue weighted by Gasteiger charge is 2.24. The summed E-state index contributed by atoms with van der Waals surface area (Å²) in [5.41, 5.74) is 3.47. The third kappa shape index (κ3) is 6.65. The molecule has 0 saturated heterocycles. The van der Waals surface area contributed by atoms with Crippen LogP contribution in [0.15, 0.2) is 36.4 Å². The number of benzene rings is 1. The van der Waals surface area contributed by atoms with Gasteiger partial charge in [-0.3, -0.25) is 9.59 Å². The first kappa shape index (κ1) is 26.2. The molecule has 37 heavy (non-hydrogen) atoms. The van der Waals surface area contributed by atoms with Crippen LogP contribution in [0.25, 0.3) is 10.9 Å². The molecule has 0 fully saturated rings. The van der Waals surface area contributed by atoms with Crippen LogP contribution in [0.1, 0.15) is 59.4 Å². The molecule has 1 atom stereocenters. The van der Waals surface area contributed by atoms with Gasteiger partial charge in [-0.15, -0.1) is 0 Å². The van der Waals surface area contributed by atoms with Crippen molar-refractivity contribution in [2.45, 2.75) is 57.6 Å². The molecule has 0 radical (unpaired) electrons. The zero-order valence-electron chi connectivity index (χ0n) is 20.7. The molecule has 2 aromatic heterocycles. The van der Waals surface area contributed by atoms with Crippen molar-refractivity contribution in [3.05, 3.63) is 58.9 Å². The second-order valence-electron chi connectivity index (χ2n) is 9.23. The highest BCUT2D eigenvalue weighted by molar-refractivity contribution is 6.02. The van der Waals surface area contributed by atoms with Gasteiger partial charge in [0.15, 0.2) is 0 Å². The number of aliphatic hydroxyl groups is 1. The molecule has 10 nitrogen and oxygen atoms in total. The topological polar surface area (TPSA) is 156 Å². The fraction of sp³-hybridized carbons (Fsp3) is 0.407. The maximum atomic E-state index is 12.8. The predicted octanol–water partition coefficient (Wildman–Crippen LogP) is 2.52. The number of aliphatic carboxylic acids is 1. The monoisotopic (exact) mass is 507 g/mol. The average Bonchev–Trinajstić information content (AvgIpc) is 3.29. The van der Waals surface area contributed by atoms with E-state index in [9.17, 15) is 24.6 Å². The number of nitrogens with one attached hydrogen (secondary N) is 4. The summed E-state index contributed by atoms with van der Waals surface area (Å²) in [4.78, 5) is 44.3. The van der Waals surface area contributed by atoms with Crippen molar-refractivity contribution in [3.63, 3.8) is 0 Å². The van der Waals surface area contributed by atoms with E-state index in [-0.39, 0.29) is 31.2 Å². The molecule has 196 valence electrons. The van der Waals surface area contributed by atoms with Gasteiger partial charge in [0.05, 0.1) is 6.61 Å². The zero-order chi connectivity index (χ0) is 26.2. The van der Waals surface area contributed by atoms with Crippen molar-refractivity contribution in [1.29, 1.82) is 0 Å². The van der Waals surface area contributed by atoms with Crippen LogP contribution in [0.2, 0.25) is 0 Å². The number of fused-ring (bicyclic) bond motifs is 2. The van der Waals surface area contributed by atoms with E-state index in [1.54, 1.807) is 24.3 Å². The highest BCUT2D eigenvalue weighted by Crippen LogP contribution is 2.23. The summed E-state index contributed by atoms with van der Waals surface area (Å²) in [5.74, 6) is -1.01. The van der Waals surface area contributed by atoms with Gasteiger partial charge in [-0.25, -0.2) is 9.78 Å². The molecule has 10 heteroatoms. The Morgan fingerprint density at radius 2 is 1.95 bits per heavy atom. The Hall–Kier alpha value is -3.92. The summed E-state index contributed by atoms with van der Waals surface area (Å²) < 4.78 is 0. The lowest BCUT2D eigenvalue weighted by molar-refractivity contribution is -0.139. The summed E-state index contributed by atoms with van der Waals surface area (Å²) in [6.07, 6.45) is 4.85. The largest absolute Gasteiger partial charge is 0.480 e. The Bertz CT molecular complexity index is 1270. The van der Waals surface area contributed by atoms with Crippen LogP contribution < -0.4 is 16.0 Å². The molecule has 1 aliphatic rings. The molecule has 1 aromatic carbocycles. The van der Waals surface area contributed by atoms with E-state index in [2.05, 4.69) is 32.0 Å². The summed E-state index contributed by atoms with van der Waals surface area (Å²) in [6.45, 7) is 0.705. The van der Waals surface area contributed by atoms with Crippen molar-refractivity contribution in [1.82, 2.24) is 20.6 Å². The maximum Gasteiger partial charge on any atom is 0.326 e. The van der Waals surface area contributed by atoms with Crippen molar-refractivity contribution in [2.75, 3.05) is 18.4 Å². The van der Waals surface area contributed by atoms with Crippen LogP contribution in [0.3, 0.4) is 0 Å². The minimum atomic E-state index is -1.20. The third-order valence-corrected chi connectivity index (χ3v) is 6.60. The molecule has 0 bridgehead atoms. The third-order valence-electron chi connectivity index (χ3n) is 6.60. The lowest BCUT2D eigenvalue weighted by Gasteiger charge is -2.17. The van der Waals surface area contributed by atoms with E-state index < -0.39 is 17.9 Å². The standard InChI is InChI=1S/C27H33N5O5/c33-16-20-19-8-2-3-9-21(19)31-24(20)26(35)32-22(27(36)37)13-15-28-23(34)10-4-1-7-18-12-11-17-6-5-14-29-25(17)30-18/h2-3,8-9,11-12,22,31,33H,1,4-7,10,13-16H2,(H,28,34)(H,29,30)(H,32,35)(H,36,37)/t22-/m0/s1.